The first kappa shape index (κ1) is 44.4. The highest BCUT2D eigenvalue weighted by Gasteiger charge is 2.47. The summed E-state index contributed by atoms with van der Waals surface area (Å²) in [7, 11) is -3.02. The van der Waals surface area contributed by atoms with Gasteiger partial charge in [-0.3, -0.25) is 14.1 Å². The van der Waals surface area contributed by atoms with Gasteiger partial charge in [-0.2, -0.15) is 18.8 Å². The van der Waals surface area contributed by atoms with E-state index in [1.54, 1.807) is 25.2 Å². The quantitative estimate of drug-likeness (QED) is 0.0816. The second-order valence-electron chi connectivity index (χ2n) is 12.4. The molecule has 1 aliphatic heterocycles. The van der Waals surface area contributed by atoms with Gasteiger partial charge in [0.25, 0.3) is 10.1 Å². The van der Waals surface area contributed by atoms with Crippen molar-refractivity contribution in [2.24, 2.45) is 0 Å². The molecule has 21 heteroatoms. The van der Waals surface area contributed by atoms with E-state index in [-0.39, 0.29) is 49.4 Å². The number of thioether (sulfide) groups is 1. The van der Waals surface area contributed by atoms with Crippen molar-refractivity contribution in [1.82, 2.24) is 19.7 Å². The normalized spacial score (nSPS) is 17.4. The molecule has 2 unspecified atom stereocenters. The van der Waals surface area contributed by atoms with Crippen LogP contribution < -0.4 is 0 Å². The predicted molar refractivity (Wildman–Crippen MR) is 196 cm³/mol. The van der Waals surface area contributed by atoms with Gasteiger partial charge in [0.05, 0.1) is 48.8 Å². The Morgan fingerprint density at radius 3 is 2.53 bits per heavy atom. The number of aromatic nitrogens is 3. The van der Waals surface area contributed by atoms with Crippen molar-refractivity contribution in [3.63, 3.8) is 0 Å². The molecule has 1 fully saturated rings. The fourth-order valence-corrected chi connectivity index (χ4v) is 7.16. The number of ether oxygens (including phenoxy) is 5. The molecule has 16 nitrogen and oxygen atoms in total. The molecule has 2 atom stereocenters. The minimum Gasteiger partial charge on any atom is -0.428 e. The Morgan fingerprint density at radius 2 is 1.88 bits per heavy atom. The number of hydrogen-bond acceptors (Lipinski definition) is 14. The van der Waals surface area contributed by atoms with Crippen molar-refractivity contribution in [3.8, 4) is 6.07 Å². The van der Waals surface area contributed by atoms with Gasteiger partial charge in [0.1, 0.15) is 30.1 Å². The lowest BCUT2D eigenvalue weighted by molar-refractivity contribution is -0.156. The average molecular weight is 838 g/mol. The van der Waals surface area contributed by atoms with Crippen LogP contribution in [0.1, 0.15) is 36.5 Å². The number of rotatable bonds is 18. The Bertz CT molecular complexity index is 2080. The average Bonchev–Trinajstić information content (AvgIpc) is 3.68. The van der Waals surface area contributed by atoms with Gasteiger partial charge in [-0.25, -0.2) is 27.6 Å². The molecule has 0 aliphatic carbocycles. The van der Waals surface area contributed by atoms with Gasteiger partial charge < -0.3 is 28.6 Å². The summed E-state index contributed by atoms with van der Waals surface area (Å²) in [6, 6.07) is 8.68. The molecule has 1 saturated heterocycles. The molecule has 4 rings (SSSR count). The molecular weight excluding hydrogens is 800 g/mol. The monoisotopic (exact) mass is 837 g/mol. The minimum atomic E-state index is -4.30. The summed E-state index contributed by atoms with van der Waals surface area (Å²) in [5, 5.41) is 11.7. The van der Waals surface area contributed by atoms with Gasteiger partial charge in [-0.1, -0.05) is 24.3 Å². The number of allylic oxidation sites excluding steroid dienone is 2. The van der Waals surface area contributed by atoms with Crippen LogP contribution in [0.3, 0.4) is 0 Å². The summed E-state index contributed by atoms with van der Waals surface area (Å²) in [4.78, 5) is 42.6. The summed E-state index contributed by atoms with van der Waals surface area (Å²) in [5.41, 5.74) is -1.73. The number of hydrogen-bond donors (Lipinski definition) is 1. The number of benzene rings is 2. The second kappa shape index (κ2) is 20.8. The SMILES string of the molecule is CC(SC1COC(C=CC=Cc2ccc(C#N)cc2F)OC1)C(Cn1cncn1)(OC(=O)OCOC(=O)CCC(=O)N(C)CCS(=O)(=O)O)c1ccc(F)cc1F. The topological polar surface area (TPSA) is 209 Å². The van der Waals surface area contributed by atoms with E-state index < -0.39 is 87.0 Å². The lowest BCUT2D eigenvalue weighted by atomic mass is 9.89. The molecule has 306 valence electrons. The number of amides is 1. The lowest BCUT2D eigenvalue weighted by Crippen LogP contribution is -2.47. The first-order valence-corrected chi connectivity index (χ1v) is 19.6. The van der Waals surface area contributed by atoms with E-state index in [1.807, 2.05) is 6.07 Å². The molecule has 57 heavy (non-hydrogen) atoms. The third-order valence-corrected chi connectivity index (χ3v) is 10.4. The Hall–Kier alpha value is -5.27. The van der Waals surface area contributed by atoms with Gasteiger partial charge in [0.2, 0.25) is 12.7 Å². The Kier molecular flexibility index (Phi) is 16.2. The lowest BCUT2D eigenvalue weighted by Gasteiger charge is -2.40. The smallest absolute Gasteiger partial charge is 0.428 e. The molecule has 2 heterocycles. The van der Waals surface area contributed by atoms with Crippen LogP contribution in [0, 0.1) is 28.8 Å². The van der Waals surface area contributed by atoms with Gasteiger partial charge in [-0.05, 0) is 37.3 Å². The van der Waals surface area contributed by atoms with Crippen LogP contribution >= 0.6 is 11.8 Å². The van der Waals surface area contributed by atoms with Crippen molar-refractivity contribution >= 4 is 46.0 Å². The standard InChI is InChI=1S/C36H38F3N5O11S2/c1-24(56-28-18-51-34(52-19-28)6-4-3-5-26-8-7-25(17-40)15-30(26)38)36(20-44-22-41-21-42-44,29-10-9-27(37)16-31(29)39)55-35(47)54-23-53-33(46)12-11-32(45)43(2)13-14-57(48,49)50/h3-10,15-16,21-22,24,28,34H,11-14,18-20,23H2,1-2H3,(H,48,49,50). The zero-order valence-corrected chi connectivity index (χ0v) is 32.2. The number of halogens is 3. The molecule has 2 aromatic carbocycles. The number of esters is 1. The fourth-order valence-electron chi connectivity index (χ4n) is 5.30. The Balaban J connectivity index is 1.41. The maximum absolute atomic E-state index is 15.6. The number of carbonyl (C=O) groups excluding carboxylic acids is 3. The molecule has 1 aliphatic rings. The summed E-state index contributed by atoms with van der Waals surface area (Å²) >= 11 is 1.20. The van der Waals surface area contributed by atoms with Crippen LogP contribution in [0.4, 0.5) is 18.0 Å². The third-order valence-electron chi connectivity index (χ3n) is 8.30. The molecule has 0 radical (unpaired) electrons. The first-order chi connectivity index (χ1) is 27.1. The summed E-state index contributed by atoms with van der Waals surface area (Å²) in [6.45, 7) is 0.268. The highest BCUT2D eigenvalue weighted by Crippen LogP contribution is 2.42. The van der Waals surface area contributed by atoms with Gasteiger partial charge in [0, 0.05) is 42.5 Å². The van der Waals surface area contributed by atoms with E-state index in [0.717, 1.165) is 23.1 Å². The first-order valence-electron chi connectivity index (χ1n) is 17.0. The van der Waals surface area contributed by atoms with E-state index in [0.29, 0.717) is 6.07 Å². The third kappa shape index (κ3) is 13.7. The number of carbonyl (C=O) groups is 3. The zero-order chi connectivity index (χ0) is 41.6. The van der Waals surface area contributed by atoms with E-state index in [2.05, 4.69) is 10.1 Å². The van der Waals surface area contributed by atoms with Crippen molar-refractivity contribution in [1.29, 1.82) is 5.26 Å². The van der Waals surface area contributed by atoms with E-state index in [4.69, 9.17) is 33.5 Å². The highest BCUT2D eigenvalue weighted by atomic mass is 32.2. The highest BCUT2D eigenvalue weighted by molar-refractivity contribution is 8.00. The summed E-state index contributed by atoms with van der Waals surface area (Å²) in [5.74, 6) is -4.77. The van der Waals surface area contributed by atoms with Crippen LogP contribution in [0.2, 0.25) is 0 Å². The van der Waals surface area contributed by atoms with Crippen LogP contribution in [-0.4, -0.2) is 107 Å². The van der Waals surface area contributed by atoms with Crippen LogP contribution in [-0.2, 0) is 55.5 Å². The number of nitriles is 1. The van der Waals surface area contributed by atoms with Gasteiger partial charge in [-0.15, -0.1) is 11.8 Å². The van der Waals surface area contributed by atoms with Crippen molar-refractivity contribution in [2.75, 3.05) is 39.4 Å². The van der Waals surface area contributed by atoms with Gasteiger partial charge in [0.15, 0.2) is 11.9 Å². The molecule has 0 saturated carbocycles. The Morgan fingerprint density at radius 1 is 1.12 bits per heavy atom. The molecule has 1 N–H and O–H groups in total. The van der Waals surface area contributed by atoms with Crippen LogP contribution in [0.5, 0.6) is 0 Å². The van der Waals surface area contributed by atoms with Crippen molar-refractivity contribution in [3.05, 3.63) is 101 Å². The van der Waals surface area contributed by atoms with E-state index in [1.165, 1.54) is 54.4 Å². The van der Waals surface area contributed by atoms with Crippen LogP contribution in [0.25, 0.3) is 6.08 Å². The maximum Gasteiger partial charge on any atom is 0.512 e. The maximum atomic E-state index is 15.6. The largest absolute Gasteiger partial charge is 0.512 e. The fraction of sp³-hybridized carbons (Fsp3) is 0.389. The van der Waals surface area contributed by atoms with Crippen molar-refractivity contribution in [2.45, 2.75) is 48.7 Å². The van der Waals surface area contributed by atoms with E-state index >= 15 is 4.39 Å². The minimum absolute atomic E-state index is 0.127. The number of nitrogens with zero attached hydrogens (tertiary/aromatic N) is 5. The van der Waals surface area contributed by atoms with Gasteiger partial charge >= 0.3 is 12.1 Å². The second-order valence-corrected chi connectivity index (χ2v) is 15.6. The summed E-state index contributed by atoms with van der Waals surface area (Å²) < 4.78 is 103. The van der Waals surface area contributed by atoms with Crippen LogP contribution in [0.15, 0.2) is 67.3 Å². The Labute approximate surface area is 329 Å². The predicted octanol–water partition coefficient (Wildman–Crippen LogP) is 4.38. The molecule has 1 aromatic heterocycles. The zero-order valence-electron chi connectivity index (χ0n) is 30.5. The van der Waals surface area contributed by atoms with E-state index in [9.17, 15) is 31.6 Å². The molecule has 1 amide bonds. The summed E-state index contributed by atoms with van der Waals surface area (Å²) in [6.07, 6.45) is 5.77. The molecular formula is C36H38F3N5O11S2. The van der Waals surface area contributed by atoms with Crippen molar-refractivity contribution < 1.29 is 64.2 Å². The molecule has 3 aromatic rings. The molecule has 0 spiro atoms. The molecule has 0 bridgehead atoms.